The van der Waals surface area contributed by atoms with Crippen molar-refractivity contribution < 1.29 is 17.9 Å². The van der Waals surface area contributed by atoms with Crippen molar-refractivity contribution >= 4 is 17.2 Å². The molecular weight excluding hydrogens is 253 g/mol. The second-order valence-electron chi connectivity index (χ2n) is 3.38. The number of nitrogens with zero attached hydrogens (tertiary/aromatic N) is 1. The summed E-state index contributed by atoms with van der Waals surface area (Å²) in [5.41, 5.74) is 6.37. The summed E-state index contributed by atoms with van der Waals surface area (Å²) < 4.78 is 40.8. The van der Waals surface area contributed by atoms with Gasteiger partial charge in [-0.2, -0.15) is 13.2 Å². The smallest absolute Gasteiger partial charge is 0.392 e. The molecule has 0 aromatic carbocycles. The van der Waals surface area contributed by atoms with Crippen LogP contribution in [0.15, 0.2) is 12.1 Å². The molecule has 7 heteroatoms. The largest absolute Gasteiger partial charge is 0.477 e. The van der Waals surface area contributed by atoms with Crippen LogP contribution >= 0.6 is 12.2 Å². The van der Waals surface area contributed by atoms with Gasteiger partial charge in [0.25, 0.3) is 0 Å². The van der Waals surface area contributed by atoms with E-state index in [1.54, 1.807) is 19.1 Å². The van der Waals surface area contributed by atoms with E-state index in [9.17, 15) is 13.2 Å². The molecule has 0 saturated heterocycles. The highest BCUT2D eigenvalue weighted by atomic mass is 32.1. The number of thiocarbonyl (C=S) groups is 1. The van der Waals surface area contributed by atoms with Crippen LogP contribution in [-0.4, -0.2) is 22.8 Å². The van der Waals surface area contributed by atoms with Gasteiger partial charge >= 0.3 is 6.18 Å². The van der Waals surface area contributed by atoms with Gasteiger partial charge in [0.1, 0.15) is 4.99 Å². The van der Waals surface area contributed by atoms with E-state index >= 15 is 0 Å². The number of rotatable bonds is 4. The Bertz CT molecular complexity index is 421. The molecule has 0 radical (unpaired) electrons. The van der Waals surface area contributed by atoms with Crippen LogP contribution in [0.1, 0.15) is 17.7 Å². The first-order valence-corrected chi connectivity index (χ1v) is 5.17. The minimum Gasteiger partial charge on any atom is -0.477 e. The maximum Gasteiger partial charge on any atom is 0.392 e. The van der Waals surface area contributed by atoms with Crippen molar-refractivity contribution in [1.82, 2.24) is 4.98 Å². The van der Waals surface area contributed by atoms with E-state index in [0.717, 1.165) is 0 Å². The van der Waals surface area contributed by atoms with Crippen molar-refractivity contribution in [3.63, 3.8) is 0 Å². The van der Waals surface area contributed by atoms with Crippen molar-refractivity contribution in [2.24, 2.45) is 5.73 Å². The van der Waals surface area contributed by atoms with Gasteiger partial charge in [0, 0.05) is 5.69 Å². The van der Waals surface area contributed by atoms with E-state index in [1.807, 2.05) is 0 Å². The zero-order chi connectivity index (χ0) is 13.1. The Balaban J connectivity index is 2.75. The minimum atomic E-state index is -4.26. The number of pyridine rings is 1. The van der Waals surface area contributed by atoms with Gasteiger partial charge < -0.3 is 10.5 Å². The molecule has 0 fully saturated rings. The molecule has 2 N–H and O–H groups in total. The fourth-order valence-corrected chi connectivity index (χ4v) is 1.25. The van der Waals surface area contributed by atoms with Crippen LogP contribution in [0.2, 0.25) is 0 Å². The highest BCUT2D eigenvalue weighted by molar-refractivity contribution is 7.80. The van der Waals surface area contributed by atoms with Crippen molar-refractivity contribution in [1.29, 1.82) is 0 Å². The minimum absolute atomic E-state index is 0.0412. The van der Waals surface area contributed by atoms with Crippen molar-refractivity contribution in [3.8, 4) is 5.88 Å². The third-order valence-electron chi connectivity index (χ3n) is 1.89. The van der Waals surface area contributed by atoms with Crippen LogP contribution < -0.4 is 10.5 Å². The first kappa shape index (κ1) is 13.7. The summed E-state index contributed by atoms with van der Waals surface area (Å²) in [6, 6.07) is 3.23. The van der Waals surface area contributed by atoms with Gasteiger partial charge in [-0.15, -0.1) is 0 Å². The molecule has 0 aliphatic heterocycles. The Morgan fingerprint density at radius 1 is 1.47 bits per heavy atom. The monoisotopic (exact) mass is 264 g/mol. The van der Waals surface area contributed by atoms with E-state index in [2.05, 4.69) is 4.98 Å². The van der Waals surface area contributed by atoms with E-state index in [4.69, 9.17) is 22.7 Å². The zero-order valence-corrected chi connectivity index (χ0v) is 9.86. The molecule has 0 amide bonds. The highest BCUT2D eigenvalue weighted by Gasteiger charge is 2.27. The maximum atomic E-state index is 11.9. The molecular formula is C10H11F3N2OS. The lowest BCUT2D eigenvalue weighted by Crippen LogP contribution is -2.17. The maximum absolute atomic E-state index is 11.9. The molecule has 0 saturated carbocycles. The second-order valence-corrected chi connectivity index (χ2v) is 3.82. The lowest BCUT2D eigenvalue weighted by Gasteiger charge is -2.11. The summed E-state index contributed by atoms with van der Waals surface area (Å²) in [4.78, 5) is 4.00. The molecule has 1 aromatic rings. The number of aromatic nitrogens is 1. The van der Waals surface area contributed by atoms with Gasteiger partial charge in [-0.1, -0.05) is 12.2 Å². The topological polar surface area (TPSA) is 48.1 Å². The summed E-state index contributed by atoms with van der Waals surface area (Å²) in [5, 5.41) is 0. The van der Waals surface area contributed by atoms with Gasteiger partial charge in [0.05, 0.1) is 18.6 Å². The molecule has 3 nitrogen and oxygen atoms in total. The van der Waals surface area contributed by atoms with Gasteiger partial charge in [0.15, 0.2) is 0 Å². The Morgan fingerprint density at radius 3 is 2.65 bits per heavy atom. The normalized spacial score (nSPS) is 11.3. The lowest BCUT2D eigenvalue weighted by molar-refractivity contribution is -0.139. The van der Waals surface area contributed by atoms with Gasteiger partial charge in [0.2, 0.25) is 5.88 Å². The standard InChI is InChI=1S/C10H11F3N2OS/c1-6-2-3-7(8(14)17)9(15-6)16-5-4-10(11,12)13/h2-3H,4-5H2,1H3,(H2,14,17). The molecule has 1 heterocycles. The quantitative estimate of drug-likeness (QED) is 0.848. The Labute approximate surface area is 102 Å². The van der Waals surface area contributed by atoms with E-state index in [0.29, 0.717) is 11.3 Å². The van der Waals surface area contributed by atoms with E-state index < -0.39 is 19.2 Å². The Hall–Kier alpha value is -1.37. The zero-order valence-electron chi connectivity index (χ0n) is 9.04. The van der Waals surface area contributed by atoms with Crippen LogP contribution in [0, 0.1) is 6.92 Å². The highest BCUT2D eigenvalue weighted by Crippen LogP contribution is 2.21. The average molecular weight is 264 g/mol. The fraction of sp³-hybridized carbons (Fsp3) is 0.400. The number of hydrogen-bond acceptors (Lipinski definition) is 3. The van der Waals surface area contributed by atoms with Crippen molar-refractivity contribution in [2.45, 2.75) is 19.5 Å². The molecule has 94 valence electrons. The number of halogens is 3. The predicted octanol–water partition coefficient (Wildman–Crippen LogP) is 2.36. The summed E-state index contributed by atoms with van der Waals surface area (Å²) >= 11 is 4.75. The Morgan fingerprint density at radius 2 is 2.12 bits per heavy atom. The molecule has 0 spiro atoms. The van der Waals surface area contributed by atoms with E-state index in [-0.39, 0.29) is 10.9 Å². The first-order chi connectivity index (χ1) is 7.79. The number of hydrogen-bond donors (Lipinski definition) is 1. The van der Waals surface area contributed by atoms with Crippen molar-refractivity contribution in [2.75, 3.05) is 6.61 Å². The number of nitrogens with two attached hydrogens (primary N) is 1. The van der Waals surface area contributed by atoms with E-state index in [1.165, 1.54) is 0 Å². The predicted molar refractivity (Wildman–Crippen MR) is 61.0 cm³/mol. The summed E-state index contributed by atoms with van der Waals surface area (Å²) in [7, 11) is 0. The lowest BCUT2D eigenvalue weighted by atomic mass is 10.2. The molecule has 0 atom stereocenters. The molecule has 0 bridgehead atoms. The first-order valence-electron chi connectivity index (χ1n) is 4.76. The molecule has 17 heavy (non-hydrogen) atoms. The van der Waals surface area contributed by atoms with Gasteiger partial charge in [-0.25, -0.2) is 4.98 Å². The summed E-state index contributed by atoms with van der Waals surface area (Å²) in [5.74, 6) is 0.0433. The third kappa shape index (κ3) is 4.56. The van der Waals surface area contributed by atoms with Crippen LogP contribution in [0.3, 0.4) is 0 Å². The van der Waals surface area contributed by atoms with Crippen LogP contribution in [0.25, 0.3) is 0 Å². The molecule has 0 unspecified atom stereocenters. The van der Waals surface area contributed by atoms with Crippen LogP contribution in [0.5, 0.6) is 5.88 Å². The number of alkyl halides is 3. The van der Waals surface area contributed by atoms with Crippen LogP contribution in [0.4, 0.5) is 13.2 Å². The van der Waals surface area contributed by atoms with Crippen molar-refractivity contribution in [3.05, 3.63) is 23.4 Å². The number of aryl methyl sites for hydroxylation is 1. The van der Waals surface area contributed by atoms with Gasteiger partial charge in [-0.05, 0) is 19.1 Å². The Kier molecular flexibility index (Phi) is 4.28. The van der Waals surface area contributed by atoms with Gasteiger partial charge in [-0.3, -0.25) is 0 Å². The fourth-order valence-electron chi connectivity index (χ4n) is 1.09. The molecule has 0 aliphatic carbocycles. The third-order valence-corrected chi connectivity index (χ3v) is 2.11. The van der Waals surface area contributed by atoms with Crippen LogP contribution in [-0.2, 0) is 0 Å². The molecule has 0 aliphatic rings. The average Bonchev–Trinajstić information content (AvgIpc) is 2.15. The molecule has 1 aromatic heterocycles. The number of ether oxygens (including phenoxy) is 1. The molecule has 1 rings (SSSR count). The SMILES string of the molecule is Cc1ccc(C(N)=S)c(OCCC(F)(F)F)n1. The second kappa shape index (κ2) is 5.31. The summed E-state index contributed by atoms with van der Waals surface area (Å²) in [6.45, 7) is 1.19. The summed E-state index contributed by atoms with van der Waals surface area (Å²) in [6.07, 6.45) is -5.30.